The first-order valence-corrected chi connectivity index (χ1v) is 6.30. The average Bonchev–Trinajstić information content (AvgIpc) is 2.44. The van der Waals surface area contributed by atoms with Gasteiger partial charge in [0.25, 0.3) is 0 Å². The largest absolute Gasteiger partial charge is 0.486 e. The van der Waals surface area contributed by atoms with Gasteiger partial charge in [-0.15, -0.1) is 0 Å². The summed E-state index contributed by atoms with van der Waals surface area (Å²) in [6, 6.07) is 5.00. The SMILES string of the molecule is CNCc1cc(C(=O)O)c2cc3c(cc2n1)OCCO3. The van der Waals surface area contributed by atoms with E-state index in [2.05, 4.69) is 10.3 Å². The van der Waals surface area contributed by atoms with E-state index < -0.39 is 5.97 Å². The summed E-state index contributed by atoms with van der Waals surface area (Å²) in [5, 5.41) is 12.9. The summed E-state index contributed by atoms with van der Waals surface area (Å²) in [5.74, 6) is 0.190. The summed E-state index contributed by atoms with van der Waals surface area (Å²) in [4.78, 5) is 15.9. The number of carboxylic acid groups (broad SMARTS) is 1. The zero-order valence-corrected chi connectivity index (χ0v) is 11.0. The molecule has 104 valence electrons. The van der Waals surface area contributed by atoms with Gasteiger partial charge in [0.15, 0.2) is 11.5 Å². The number of benzene rings is 1. The Morgan fingerprint density at radius 2 is 2.00 bits per heavy atom. The molecule has 6 heteroatoms. The Morgan fingerprint density at radius 1 is 1.30 bits per heavy atom. The molecule has 2 heterocycles. The van der Waals surface area contributed by atoms with Gasteiger partial charge in [0.2, 0.25) is 0 Å². The third-order valence-corrected chi connectivity index (χ3v) is 3.11. The minimum Gasteiger partial charge on any atom is -0.486 e. The molecule has 0 atom stereocenters. The van der Waals surface area contributed by atoms with Gasteiger partial charge >= 0.3 is 5.97 Å². The average molecular weight is 274 g/mol. The molecule has 0 aliphatic carbocycles. The Morgan fingerprint density at radius 3 is 2.65 bits per heavy atom. The van der Waals surface area contributed by atoms with Crippen LogP contribution < -0.4 is 14.8 Å². The fourth-order valence-corrected chi connectivity index (χ4v) is 2.27. The van der Waals surface area contributed by atoms with Crippen molar-refractivity contribution in [2.24, 2.45) is 0 Å². The maximum Gasteiger partial charge on any atom is 0.336 e. The van der Waals surface area contributed by atoms with Gasteiger partial charge in [-0.3, -0.25) is 4.98 Å². The Bertz CT molecular complexity index is 684. The number of nitrogens with one attached hydrogen (secondary N) is 1. The normalized spacial score (nSPS) is 13.4. The fraction of sp³-hybridized carbons (Fsp3) is 0.286. The third kappa shape index (κ3) is 2.14. The van der Waals surface area contributed by atoms with E-state index in [-0.39, 0.29) is 5.56 Å². The van der Waals surface area contributed by atoms with Crippen LogP contribution in [0.15, 0.2) is 18.2 Å². The van der Waals surface area contributed by atoms with Crippen molar-refractivity contribution in [3.05, 3.63) is 29.5 Å². The van der Waals surface area contributed by atoms with Crippen LogP contribution >= 0.6 is 0 Å². The molecule has 1 aliphatic heterocycles. The monoisotopic (exact) mass is 274 g/mol. The molecule has 2 N–H and O–H groups in total. The highest BCUT2D eigenvalue weighted by molar-refractivity contribution is 6.03. The molecule has 20 heavy (non-hydrogen) atoms. The summed E-state index contributed by atoms with van der Waals surface area (Å²) in [6.45, 7) is 1.46. The van der Waals surface area contributed by atoms with E-state index in [1.165, 1.54) is 0 Å². The zero-order chi connectivity index (χ0) is 14.1. The van der Waals surface area contributed by atoms with Crippen LogP contribution in [0.25, 0.3) is 10.9 Å². The van der Waals surface area contributed by atoms with Crippen LogP contribution in [0.2, 0.25) is 0 Å². The first-order chi connectivity index (χ1) is 9.69. The number of nitrogens with zero attached hydrogens (tertiary/aromatic N) is 1. The predicted molar refractivity (Wildman–Crippen MR) is 72.5 cm³/mol. The Hall–Kier alpha value is -2.34. The van der Waals surface area contributed by atoms with Crippen LogP contribution in [0.5, 0.6) is 11.5 Å². The molecule has 0 fully saturated rings. The lowest BCUT2D eigenvalue weighted by atomic mass is 10.1. The lowest BCUT2D eigenvalue weighted by Gasteiger charge is -2.19. The molecule has 0 saturated carbocycles. The molecule has 0 radical (unpaired) electrons. The van der Waals surface area contributed by atoms with Gasteiger partial charge in [-0.25, -0.2) is 4.79 Å². The number of hydrogen-bond acceptors (Lipinski definition) is 5. The van der Waals surface area contributed by atoms with Crippen molar-refractivity contribution in [1.29, 1.82) is 0 Å². The number of hydrogen-bond donors (Lipinski definition) is 2. The van der Waals surface area contributed by atoms with Crippen LogP contribution in [0.4, 0.5) is 0 Å². The van der Waals surface area contributed by atoms with Crippen molar-refractivity contribution in [3.63, 3.8) is 0 Å². The Labute approximate surface area is 115 Å². The second-order valence-corrected chi connectivity index (χ2v) is 4.51. The summed E-state index contributed by atoms with van der Waals surface area (Å²) in [7, 11) is 1.79. The topological polar surface area (TPSA) is 80.7 Å². The molecule has 6 nitrogen and oxygen atoms in total. The van der Waals surface area contributed by atoms with Gasteiger partial charge in [-0.1, -0.05) is 0 Å². The number of carboxylic acids is 1. The molecule has 0 bridgehead atoms. The maximum atomic E-state index is 11.4. The number of pyridine rings is 1. The van der Waals surface area contributed by atoms with Gasteiger partial charge in [-0.05, 0) is 19.2 Å². The predicted octanol–water partition coefficient (Wildman–Crippen LogP) is 1.42. The molecular weight excluding hydrogens is 260 g/mol. The molecule has 0 saturated heterocycles. The van der Waals surface area contributed by atoms with E-state index in [9.17, 15) is 9.90 Å². The minimum atomic E-state index is -0.980. The van der Waals surface area contributed by atoms with Crippen LogP contribution in [0.3, 0.4) is 0 Å². The van der Waals surface area contributed by atoms with Gasteiger partial charge in [-0.2, -0.15) is 0 Å². The smallest absolute Gasteiger partial charge is 0.336 e. The number of aromatic carboxylic acids is 1. The van der Waals surface area contributed by atoms with Crippen molar-refractivity contribution in [1.82, 2.24) is 10.3 Å². The van der Waals surface area contributed by atoms with E-state index in [4.69, 9.17) is 9.47 Å². The van der Waals surface area contributed by atoms with Gasteiger partial charge in [0, 0.05) is 18.0 Å². The molecule has 1 aromatic heterocycles. The highest BCUT2D eigenvalue weighted by Gasteiger charge is 2.18. The van der Waals surface area contributed by atoms with E-state index in [1.54, 1.807) is 25.2 Å². The van der Waals surface area contributed by atoms with E-state index in [1.807, 2.05) is 0 Å². The van der Waals surface area contributed by atoms with Crippen molar-refractivity contribution in [2.75, 3.05) is 20.3 Å². The molecular formula is C14H14N2O4. The van der Waals surface area contributed by atoms with Crippen LogP contribution in [-0.2, 0) is 6.54 Å². The van der Waals surface area contributed by atoms with E-state index in [0.717, 1.165) is 0 Å². The van der Waals surface area contributed by atoms with Gasteiger partial charge in [0.05, 0.1) is 16.8 Å². The highest BCUT2D eigenvalue weighted by Crippen LogP contribution is 2.35. The van der Waals surface area contributed by atoms with Crippen LogP contribution in [0.1, 0.15) is 16.1 Å². The first kappa shape index (κ1) is 12.7. The second-order valence-electron chi connectivity index (χ2n) is 4.51. The molecule has 1 aliphatic rings. The number of ether oxygens (including phenoxy) is 2. The molecule has 0 spiro atoms. The highest BCUT2D eigenvalue weighted by atomic mass is 16.6. The van der Waals surface area contributed by atoms with Crippen molar-refractivity contribution < 1.29 is 19.4 Å². The summed E-state index contributed by atoms with van der Waals surface area (Å²) >= 11 is 0. The van der Waals surface area contributed by atoms with Crippen LogP contribution in [0, 0.1) is 0 Å². The van der Waals surface area contributed by atoms with E-state index >= 15 is 0 Å². The third-order valence-electron chi connectivity index (χ3n) is 3.11. The maximum absolute atomic E-state index is 11.4. The lowest BCUT2D eigenvalue weighted by Crippen LogP contribution is -2.16. The number of rotatable bonds is 3. The number of carbonyl (C=O) groups is 1. The molecule has 0 unspecified atom stereocenters. The minimum absolute atomic E-state index is 0.220. The quantitative estimate of drug-likeness (QED) is 0.881. The zero-order valence-electron chi connectivity index (χ0n) is 11.0. The lowest BCUT2D eigenvalue weighted by molar-refractivity contribution is 0.0699. The standard InChI is InChI=1S/C14H14N2O4/c1-15-7-8-4-10(14(17)18)9-5-12-13(6-11(9)16-8)20-3-2-19-12/h4-6,15H,2-3,7H2,1H3,(H,17,18). The van der Waals surface area contributed by atoms with Gasteiger partial charge in [0.1, 0.15) is 13.2 Å². The molecule has 1 aromatic carbocycles. The van der Waals surface area contributed by atoms with Crippen molar-refractivity contribution in [3.8, 4) is 11.5 Å². The van der Waals surface area contributed by atoms with Gasteiger partial charge < -0.3 is 19.9 Å². The molecule has 0 amide bonds. The first-order valence-electron chi connectivity index (χ1n) is 6.30. The Kier molecular flexibility index (Phi) is 3.15. The summed E-state index contributed by atoms with van der Waals surface area (Å²) < 4.78 is 11.0. The van der Waals surface area contributed by atoms with Crippen molar-refractivity contribution in [2.45, 2.75) is 6.54 Å². The van der Waals surface area contributed by atoms with E-state index in [0.29, 0.717) is 47.9 Å². The fourth-order valence-electron chi connectivity index (χ4n) is 2.27. The number of aromatic nitrogens is 1. The molecule has 2 aromatic rings. The van der Waals surface area contributed by atoms with Crippen LogP contribution in [-0.4, -0.2) is 36.3 Å². The van der Waals surface area contributed by atoms with Crippen molar-refractivity contribution >= 4 is 16.9 Å². The summed E-state index contributed by atoms with van der Waals surface area (Å²) in [6.07, 6.45) is 0. The number of fused-ring (bicyclic) bond motifs is 2. The molecule has 3 rings (SSSR count). The summed E-state index contributed by atoms with van der Waals surface area (Å²) in [5.41, 5.74) is 1.49. The second kappa shape index (κ2) is 4.97. The Balaban J connectivity index is 2.24.